The lowest BCUT2D eigenvalue weighted by atomic mass is 9.78. The van der Waals surface area contributed by atoms with Crippen LogP contribution in [-0.2, 0) is 11.8 Å². The summed E-state index contributed by atoms with van der Waals surface area (Å²) in [5, 5.41) is 3.18. The second kappa shape index (κ2) is 6.25. The molecular weight excluding hydrogens is 297 g/mol. The van der Waals surface area contributed by atoms with E-state index in [-0.39, 0.29) is 5.41 Å². The minimum atomic E-state index is -0.241. The van der Waals surface area contributed by atoms with Crippen molar-refractivity contribution in [3.05, 3.63) is 51.5 Å². The van der Waals surface area contributed by atoms with Gasteiger partial charge in [0.2, 0.25) is 0 Å². The van der Waals surface area contributed by atoms with Gasteiger partial charge in [-0.2, -0.15) is 0 Å². The summed E-state index contributed by atoms with van der Waals surface area (Å²) in [4.78, 5) is 4.55. The Bertz CT molecular complexity index is 547. The van der Waals surface area contributed by atoms with Crippen molar-refractivity contribution in [1.82, 2.24) is 4.98 Å². The highest BCUT2D eigenvalue weighted by Gasteiger charge is 2.33. The van der Waals surface area contributed by atoms with Crippen molar-refractivity contribution in [3.63, 3.8) is 0 Å². The van der Waals surface area contributed by atoms with Crippen molar-refractivity contribution >= 4 is 34.5 Å². The first-order valence-corrected chi connectivity index (χ1v) is 8.15. The van der Waals surface area contributed by atoms with Gasteiger partial charge in [-0.25, -0.2) is 4.98 Å². The smallest absolute Gasteiger partial charge is 0.0897 e. The molecule has 0 saturated heterocycles. The summed E-state index contributed by atoms with van der Waals surface area (Å²) < 4.78 is 0. The maximum atomic E-state index is 6.28. The first-order valence-electron chi connectivity index (χ1n) is 6.20. The molecule has 1 aromatic heterocycles. The molecule has 0 N–H and O–H groups in total. The van der Waals surface area contributed by atoms with Gasteiger partial charge in [-0.15, -0.1) is 34.5 Å². The van der Waals surface area contributed by atoms with E-state index in [4.69, 9.17) is 23.2 Å². The second-order valence-corrected chi connectivity index (χ2v) is 6.49. The van der Waals surface area contributed by atoms with Crippen LogP contribution in [0.1, 0.15) is 21.8 Å². The van der Waals surface area contributed by atoms with Crippen LogP contribution < -0.4 is 0 Å². The molecule has 0 saturated carbocycles. The van der Waals surface area contributed by atoms with E-state index in [9.17, 15) is 0 Å². The maximum absolute atomic E-state index is 6.28. The fourth-order valence-corrected chi connectivity index (χ4v) is 3.75. The number of rotatable bonds is 5. The summed E-state index contributed by atoms with van der Waals surface area (Å²) in [5.74, 6) is 0.996. The molecule has 102 valence electrons. The molecule has 2 rings (SSSR count). The van der Waals surface area contributed by atoms with Gasteiger partial charge in [0, 0.05) is 29.0 Å². The molecule has 0 aliphatic rings. The van der Waals surface area contributed by atoms with Gasteiger partial charge in [-0.1, -0.05) is 24.3 Å². The molecule has 0 amide bonds. The van der Waals surface area contributed by atoms with Crippen LogP contribution in [0.3, 0.4) is 0 Å². The SMILES string of the molecule is Cc1nc(CC(CCl)(CCl)c2ccccc2C)cs1. The summed E-state index contributed by atoms with van der Waals surface area (Å²) in [7, 11) is 0. The topological polar surface area (TPSA) is 12.9 Å². The third-order valence-electron chi connectivity index (χ3n) is 3.41. The van der Waals surface area contributed by atoms with Crippen molar-refractivity contribution in [1.29, 1.82) is 0 Å². The largest absolute Gasteiger partial charge is 0.247 e. The molecule has 19 heavy (non-hydrogen) atoms. The van der Waals surface area contributed by atoms with E-state index < -0.39 is 0 Å². The van der Waals surface area contributed by atoms with Crippen LogP contribution in [0.5, 0.6) is 0 Å². The lowest BCUT2D eigenvalue weighted by molar-refractivity contribution is 0.527. The lowest BCUT2D eigenvalue weighted by Gasteiger charge is -2.31. The van der Waals surface area contributed by atoms with Gasteiger partial charge >= 0.3 is 0 Å². The van der Waals surface area contributed by atoms with E-state index in [1.165, 1.54) is 11.1 Å². The highest BCUT2D eigenvalue weighted by atomic mass is 35.5. The van der Waals surface area contributed by atoms with Crippen LogP contribution in [0.25, 0.3) is 0 Å². The predicted octanol–water partition coefficient (Wildman–Crippen LogP) is 4.72. The molecule has 0 fully saturated rings. The Labute approximate surface area is 128 Å². The highest BCUT2D eigenvalue weighted by molar-refractivity contribution is 7.09. The first-order chi connectivity index (χ1) is 9.11. The predicted molar refractivity (Wildman–Crippen MR) is 84.9 cm³/mol. The number of nitrogens with zero attached hydrogens (tertiary/aromatic N) is 1. The minimum Gasteiger partial charge on any atom is -0.247 e. The Balaban J connectivity index is 2.40. The number of benzene rings is 1. The second-order valence-electron chi connectivity index (χ2n) is 4.90. The molecule has 0 aliphatic heterocycles. The highest BCUT2D eigenvalue weighted by Crippen LogP contribution is 2.33. The van der Waals surface area contributed by atoms with Crippen molar-refractivity contribution in [2.75, 3.05) is 11.8 Å². The van der Waals surface area contributed by atoms with Gasteiger partial charge in [-0.05, 0) is 25.0 Å². The van der Waals surface area contributed by atoms with Gasteiger partial charge < -0.3 is 0 Å². The van der Waals surface area contributed by atoms with Crippen LogP contribution in [0, 0.1) is 13.8 Å². The summed E-state index contributed by atoms with van der Waals surface area (Å²) in [5.41, 5.74) is 3.29. The van der Waals surface area contributed by atoms with Crippen LogP contribution in [0.15, 0.2) is 29.6 Å². The van der Waals surface area contributed by atoms with E-state index in [0.29, 0.717) is 11.8 Å². The normalized spacial score (nSPS) is 11.8. The average Bonchev–Trinajstić information content (AvgIpc) is 2.82. The quantitative estimate of drug-likeness (QED) is 0.728. The zero-order chi connectivity index (χ0) is 13.9. The summed E-state index contributed by atoms with van der Waals surface area (Å²) in [6.07, 6.45) is 0.787. The molecule has 0 radical (unpaired) electrons. The van der Waals surface area contributed by atoms with E-state index in [2.05, 4.69) is 29.4 Å². The van der Waals surface area contributed by atoms with E-state index in [1.54, 1.807) is 11.3 Å². The summed E-state index contributed by atoms with van der Waals surface area (Å²) in [6, 6.07) is 8.32. The summed E-state index contributed by atoms with van der Waals surface area (Å²) >= 11 is 14.2. The third kappa shape index (κ3) is 3.13. The zero-order valence-corrected chi connectivity index (χ0v) is 13.4. The molecule has 1 aromatic carbocycles. The number of thiazole rings is 1. The van der Waals surface area contributed by atoms with Crippen LogP contribution in [0.4, 0.5) is 0 Å². The van der Waals surface area contributed by atoms with Gasteiger partial charge in [0.05, 0.1) is 10.7 Å². The first kappa shape index (κ1) is 14.8. The average molecular weight is 314 g/mol. The molecule has 0 atom stereocenters. The standard InChI is InChI=1S/C15H17Cl2NS/c1-11-5-3-4-6-14(11)15(9-16,10-17)7-13-8-19-12(2)18-13/h3-6,8H,7,9-10H2,1-2H3. The number of aromatic nitrogens is 1. The molecule has 2 aromatic rings. The van der Waals surface area contributed by atoms with Crippen molar-refractivity contribution in [2.45, 2.75) is 25.7 Å². The minimum absolute atomic E-state index is 0.241. The molecule has 0 bridgehead atoms. The Morgan fingerprint density at radius 3 is 2.37 bits per heavy atom. The van der Waals surface area contributed by atoms with Crippen molar-refractivity contribution in [3.8, 4) is 0 Å². The van der Waals surface area contributed by atoms with Crippen molar-refractivity contribution in [2.24, 2.45) is 0 Å². The number of halogens is 2. The monoisotopic (exact) mass is 313 g/mol. The summed E-state index contributed by atoms with van der Waals surface area (Å²) in [6.45, 7) is 4.13. The lowest BCUT2D eigenvalue weighted by Crippen LogP contribution is -2.34. The number of aryl methyl sites for hydroxylation is 2. The fraction of sp³-hybridized carbons (Fsp3) is 0.400. The number of alkyl halides is 2. The zero-order valence-electron chi connectivity index (χ0n) is 11.1. The number of hydrogen-bond donors (Lipinski definition) is 0. The Morgan fingerprint density at radius 2 is 1.84 bits per heavy atom. The Hall–Kier alpha value is -0.570. The fourth-order valence-electron chi connectivity index (χ4n) is 2.37. The van der Waals surface area contributed by atoms with Gasteiger partial charge in [0.15, 0.2) is 0 Å². The Morgan fingerprint density at radius 1 is 1.16 bits per heavy atom. The molecule has 0 unspecified atom stereocenters. The molecule has 0 aliphatic carbocycles. The van der Waals surface area contributed by atoms with E-state index >= 15 is 0 Å². The van der Waals surface area contributed by atoms with Crippen molar-refractivity contribution < 1.29 is 0 Å². The van der Waals surface area contributed by atoms with Gasteiger partial charge in [0.25, 0.3) is 0 Å². The van der Waals surface area contributed by atoms with E-state index in [1.807, 2.05) is 19.1 Å². The number of hydrogen-bond acceptors (Lipinski definition) is 2. The molecule has 1 heterocycles. The molecular formula is C15H17Cl2NS. The van der Waals surface area contributed by atoms with Gasteiger partial charge in [-0.3, -0.25) is 0 Å². The molecule has 4 heteroatoms. The van der Waals surface area contributed by atoms with Crippen LogP contribution in [0.2, 0.25) is 0 Å². The van der Waals surface area contributed by atoms with Crippen LogP contribution in [-0.4, -0.2) is 16.7 Å². The Kier molecular flexibility index (Phi) is 4.88. The molecule has 0 spiro atoms. The van der Waals surface area contributed by atoms with Gasteiger partial charge in [0.1, 0.15) is 0 Å². The van der Waals surface area contributed by atoms with Crippen LogP contribution >= 0.6 is 34.5 Å². The third-order valence-corrected chi connectivity index (χ3v) is 5.26. The van der Waals surface area contributed by atoms with E-state index in [0.717, 1.165) is 17.1 Å². The maximum Gasteiger partial charge on any atom is 0.0897 e. The molecule has 1 nitrogen and oxygen atoms in total.